The summed E-state index contributed by atoms with van der Waals surface area (Å²) in [6, 6.07) is 10.4. The van der Waals surface area contributed by atoms with E-state index in [0.717, 1.165) is 0 Å². The van der Waals surface area contributed by atoms with Crippen LogP contribution in [0.15, 0.2) is 47.4 Å². The Labute approximate surface area is 148 Å². The molecule has 0 radical (unpaired) electrons. The Morgan fingerprint density at radius 2 is 1.74 bits per heavy atom. The summed E-state index contributed by atoms with van der Waals surface area (Å²) in [7, 11) is -3.88. The third-order valence-corrected chi connectivity index (χ3v) is 5.11. The number of hydrogen-bond acceptors (Lipinski definition) is 3. The second-order valence-electron chi connectivity index (χ2n) is 4.46. The van der Waals surface area contributed by atoms with Crippen molar-refractivity contribution in [1.29, 1.82) is 0 Å². The van der Waals surface area contributed by atoms with Gasteiger partial charge in [-0.2, -0.15) is 0 Å². The molecule has 0 unspecified atom stereocenters. The van der Waals surface area contributed by atoms with Gasteiger partial charge in [0.1, 0.15) is 0 Å². The van der Waals surface area contributed by atoms with E-state index in [0.29, 0.717) is 10.7 Å². The maximum Gasteiger partial charge on any atom is 0.241 e. The number of amides is 1. The Morgan fingerprint density at radius 3 is 2.39 bits per heavy atom. The van der Waals surface area contributed by atoms with Gasteiger partial charge in [0, 0.05) is 10.7 Å². The topological polar surface area (TPSA) is 75.3 Å². The lowest BCUT2D eigenvalue weighted by Crippen LogP contribution is -2.32. The smallest absolute Gasteiger partial charge is 0.241 e. The molecule has 2 N–H and O–H groups in total. The van der Waals surface area contributed by atoms with Gasteiger partial charge in [-0.05, 0) is 36.4 Å². The lowest BCUT2D eigenvalue weighted by Gasteiger charge is -2.09. The highest BCUT2D eigenvalue weighted by molar-refractivity contribution is 7.89. The fraction of sp³-hybridized carbons (Fsp3) is 0.0714. The summed E-state index contributed by atoms with van der Waals surface area (Å²) in [6.45, 7) is -0.435. The van der Waals surface area contributed by atoms with Gasteiger partial charge in [-0.1, -0.05) is 40.9 Å². The van der Waals surface area contributed by atoms with Crippen LogP contribution in [0.5, 0.6) is 0 Å². The summed E-state index contributed by atoms with van der Waals surface area (Å²) < 4.78 is 26.4. The molecule has 0 bridgehead atoms. The van der Waals surface area contributed by atoms with Crippen molar-refractivity contribution >= 4 is 56.4 Å². The van der Waals surface area contributed by atoms with Crippen molar-refractivity contribution in [3.05, 3.63) is 57.5 Å². The van der Waals surface area contributed by atoms with E-state index in [4.69, 9.17) is 34.8 Å². The van der Waals surface area contributed by atoms with Gasteiger partial charge in [0.15, 0.2) is 0 Å². The fourth-order valence-corrected chi connectivity index (χ4v) is 3.22. The molecule has 0 fully saturated rings. The van der Waals surface area contributed by atoms with Crippen LogP contribution in [0, 0.1) is 0 Å². The molecule has 23 heavy (non-hydrogen) atoms. The van der Waals surface area contributed by atoms with Crippen molar-refractivity contribution < 1.29 is 13.2 Å². The Morgan fingerprint density at radius 1 is 1.00 bits per heavy atom. The third-order valence-electron chi connectivity index (χ3n) is 2.73. The first kappa shape index (κ1) is 18.0. The lowest BCUT2D eigenvalue weighted by atomic mass is 10.3. The molecule has 0 aromatic heterocycles. The maximum atomic E-state index is 12.1. The molecule has 0 aliphatic carbocycles. The number of carbonyl (C=O) groups is 1. The Hall–Kier alpha value is -1.31. The van der Waals surface area contributed by atoms with Crippen LogP contribution >= 0.6 is 34.8 Å². The van der Waals surface area contributed by atoms with Crippen LogP contribution in [-0.2, 0) is 14.8 Å². The normalized spacial score (nSPS) is 11.3. The predicted molar refractivity (Wildman–Crippen MR) is 91.7 cm³/mol. The Kier molecular flexibility index (Phi) is 5.89. The second-order valence-corrected chi connectivity index (χ2v) is 7.48. The highest BCUT2D eigenvalue weighted by Crippen LogP contribution is 2.24. The molecular weight excluding hydrogens is 383 g/mol. The van der Waals surface area contributed by atoms with E-state index in [1.165, 1.54) is 18.2 Å². The van der Waals surface area contributed by atoms with Gasteiger partial charge in [0.25, 0.3) is 0 Å². The Bertz CT molecular complexity index is 841. The van der Waals surface area contributed by atoms with Crippen molar-refractivity contribution in [2.45, 2.75) is 4.90 Å². The van der Waals surface area contributed by atoms with Crippen LogP contribution < -0.4 is 10.0 Å². The fourth-order valence-electron chi connectivity index (χ4n) is 1.66. The zero-order valence-corrected chi connectivity index (χ0v) is 14.6. The van der Waals surface area contributed by atoms with E-state index in [1.807, 2.05) is 0 Å². The van der Waals surface area contributed by atoms with Gasteiger partial charge in [0.05, 0.1) is 21.5 Å². The van der Waals surface area contributed by atoms with Crippen molar-refractivity contribution in [1.82, 2.24) is 4.72 Å². The van der Waals surface area contributed by atoms with Crippen LogP contribution in [0.3, 0.4) is 0 Å². The van der Waals surface area contributed by atoms with Gasteiger partial charge in [-0.3, -0.25) is 4.79 Å². The maximum absolute atomic E-state index is 12.1. The van der Waals surface area contributed by atoms with Crippen LogP contribution in [-0.4, -0.2) is 20.9 Å². The first-order valence-corrected chi connectivity index (χ1v) is 8.90. The number of rotatable bonds is 5. The van der Waals surface area contributed by atoms with Crippen molar-refractivity contribution in [2.75, 3.05) is 11.9 Å². The summed E-state index contributed by atoms with van der Waals surface area (Å²) in [5.41, 5.74) is 0.469. The standard InChI is InChI=1S/C14H11Cl3N2O3S/c15-9-2-1-3-10(6-9)19-14(20)8-18-23(21,22)11-4-5-12(16)13(17)7-11/h1-7,18H,8H2,(H,19,20). The summed E-state index contributed by atoms with van der Waals surface area (Å²) in [5, 5.41) is 3.34. The Balaban J connectivity index is 2.01. The number of sulfonamides is 1. The molecule has 0 heterocycles. The first-order chi connectivity index (χ1) is 10.8. The molecular formula is C14H11Cl3N2O3S. The second kappa shape index (κ2) is 7.51. The lowest BCUT2D eigenvalue weighted by molar-refractivity contribution is -0.115. The molecule has 9 heteroatoms. The summed E-state index contributed by atoms with van der Waals surface area (Å²) in [6.07, 6.45) is 0. The monoisotopic (exact) mass is 392 g/mol. The van der Waals surface area contributed by atoms with Gasteiger partial charge < -0.3 is 5.32 Å². The molecule has 0 saturated heterocycles. The average molecular weight is 394 g/mol. The van der Waals surface area contributed by atoms with Crippen molar-refractivity contribution in [3.8, 4) is 0 Å². The highest BCUT2D eigenvalue weighted by atomic mass is 35.5. The molecule has 2 aromatic rings. The van der Waals surface area contributed by atoms with E-state index < -0.39 is 22.5 Å². The number of halogens is 3. The largest absolute Gasteiger partial charge is 0.325 e. The number of nitrogens with one attached hydrogen (secondary N) is 2. The minimum Gasteiger partial charge on any atom is -0.325 e. The molecule has 0 aliphatic heterocycles. The first-order valence-electron chi connectivity index (χ1n) is 6.28. The van der Waals surface area contributed by atoms with Gasteiger partial charge in [-0.25, -0.2) is 13.1 Å². The van der Waals surface area contributed by atoms with Crippen LogP contribution in [0.25, 0.3) is 0 Å². The molecule has 0 saturated carbocycles. The number of benzene rings is 2. The molecule has 0 atom stereocenters. The molecule has 0 aliphatic rings. The molecule has 2 aromatic carbocycles. The van der Waals surface area contributed by atoms with Gasteiger partial charge in [-0.15, -0.1) is 0 Å². The number of hydrogen-bond donors (Lipinski definition) is 2. The minimum absolute atomic E-state index is 0.0811. The minimum atomic E-state index is -3.88. The van der Waals surface area contributed by atoms with E-state index in [-0.39, 0.29) is 14.9 Å². The highest BCUT2D eigenvalue weighted by Gasteiger charge is 2.16. The zero-order chi connectivity index (χ0) is 17.0. The quantitative estimate of drug-likeness (QED) is 0.815. The van der Waals surface area contributed by atoms with Gasteiger partial charge in [0.2, 0.25) is 15.9 Å². The number of carbonyl (C=O) groups excluding carboxylic acids is 1. The summed E-state index contributed by atoms with van der Waals surface area (Å²) >= 11 is 17.3. The zero-order valence-electron chi connectivity index (χ0n) is 11.5. The molecule has 5 nitrogen and oxygen atoms in total. The summed E-state index contributed by atoms with van der Waals surface area (Å²) in [4.78, 5) is 11.7. The molecule has 122 valence electrons. The van der Waals surface area contributed by atoms with Crippen molar-refractivity contribution in [3.63, 3.8) is 0 Å². The van der Waals surface area contributed by atoms with Gasteiger partial charge >= 0.3 is 0 Å². The van der Waals surface area contributed by atoms with E-state index in [2.05, 4.69) is 10.0 Å². The number of anilines is 1. The van der Waals surface area contributed by atoms with E-state index in [9.17, 15) is 13.2 Å². The van der Waals surface area contributed by atoms with Crippen LogP contribution in [0.2, 0.25) is 15.1 Å². The van der Waals surface area contributed by atoms with E-state index >= 15 is 0 Å². The van der Waals surface area contributed by atoms with Crippen LogP contribution in [0.4, 0.5) is 5.69 Å². The van der Waals surface area contributed by atoms with Crippen LogP contribution in [0.1, 0.15) is 0 Å². The molecule has 0 spiro atoms. The van der Waals surface area contributed by atoms with Crippen molar-refractivity contribution in [2.24, 2.45) is 0 Å². The summed E-state index contributed by atoms with van der Waals surface area (Å²) in [5.74, 6) is -0.532. The molecule has 1 amide bonds. The molecule has 2 rings (SSSR count). The average Bonchev–Trinajstić information content (AvgIpc) is 2.48. The third kappa shape index (κ3) is 5.09. The van der Waals surface area contributed by atoms with E-state index in [1.54, 1.807) is 24.3 Å². The predicted octanol–water partition coefficient (Wildman–Crippen LogP) is 3.56. The SMILES string of the molecule is O=C(CNS(=O)(=O)c1ccc(Cl)c(Cl)c1)Nc1cccc(Cl)c1.